The number of aromatic nitrogens is 1. The number of hydrogen-bond acceptors (Lipinski definition) is 2. The number of hydrogen-bond donors (Lipinski definition) is 1. The Labute approximate surface area is 109 Å². The first-order chi connectivity index (χ1) is 8.31. The highest BCUT2D eigenvalue weighted by Crippen LogP contribution is 2.36. The van der Waals surface area contributed by atoms with Crippen molar-refractivity contribution < 1.29 is 0 Å². The predicted octanol–water partition coefficient (Wildman–Crippen LogP) is 3.97. The van der Waals surface area contributed by atoms with E-state index in [1.807, 2.05) is 12.3 Å². The van der Waals surface area contributed by atoms with Gasteiger partial charge in [0.15, 0.2) is 0 Å². The van der Waals surface area contributed by atoms with E-state index < -0.39 is 0 Å². The lowest BCUT2D eigenvalue weighted by molar-refractivity contribution is 0.261. The number of pyridine rings is 1. The summed E-state index contributed by atoms with van der Waals surface area (Å²) in [5.41, 5.74) is 1.21. The van der Waals surface area contributed by atoms with Gasteiger partial charge < -0.3 is 5.32 Å². The highest BCUT2D eigenvalue weighted by Gasteiger charge is 2.23. The summed E-state index contributed by atoms with van der Waals surface area (Å²) in [5.74, 6) is 0.883. The molecule has 0 radical (unpaired) electrons. The van der Waals surface area contributed by atoms with Crippen LogP contribution >= 0.6 is 11.6 Å². The van der Waals surface area contributed by atoms with Gasteiger partial charge in [0, 0.05) is 18.4 Å². The fraction of sp³-hybridized carbons (Fsp3) is 0.643. The standard InChI is InChI=1S/C14H21ClN2/c1-2-7-17-14(9-11-4-3-5-11)12-6-8-16-10-13(12)15/h6,8,10-11,14,17H,2-5,7,9H2,1H3. The van der Waals surface area contributed by atoms with Gasteiger partial charge in [-0.1, -0.05) is 37.8 Å². The van der Waals surface area contributed by atoms with E-state index in [1.54, 1.807) is 6.20 Å². The van der Waals surface area contributed by atoms with E-state index in [9.17, 15) is 0 Å². The Morgan fingerprint density at radius 2 is 2.35 bits per heavy atom. The summed E-state index contributed by atoms with van der Waals surface area (Å²) < 4.78 is 0. The fourth-order valence-electron chi connectivity index (χ4n) is 2.37. The van der Waals surface area contributed by atoms with Crippen LogP contribution in [-0.2, 0) is 0 Å². The second kappa shape index (κ2) is 6.36. The van der Waals surface area contributed by atoms with Crippen molar-refractivity contribution in [3.63, 3.8) is 0 Å². The molecule has 1 aromatic rings. The van der Waals surface area contributed by atoms with E-state index in [4.69, 9.17) is 11.6 Å². The molecule has 0 aromatic carbocycles. The molecular weight excluding hydrogens is 232 g/mol. The molecule has 3 heteroatoms. The van der Waals surface area contributed by atoms with Crippen LogP contribution in [0.15, 0.2) is 18.5 Å². The minimum absolute atomic E-state index is 0.399. The Bertz CT molecular complexity index is 350. The number of rotatable bonds is 6. The SMILES string of the molecule is CCCNC(CC1CCC1)c1ccncc1Cl. The second-order valence-corrected chi connectivity index (χ2v) is 5.34. The van der Waals surface area contributed by atoms with Gasteiger partial charge in [0.25, 0.3) is 0 Å². The second-order valence-electron chi connectivity index (χ2n) is 4.94. The van der Waals surface area contributed by atoms with E-state index in [0.717, 1.165) is 23.9 Å². The quantitative estimate of drug-likeness (QED) is 0.829. The molecule has 0 amide bonds. The molecule has 1 saturated carbocycles. The third kappa shape index (κ3) is 3.43. The first-order valence-electron chi connectivity index (χ1n) is 6.64. The van der Waals surface area contributed by atoms with Crippen LogP contribution in [0, 0.1) is 5.92 Å². The highest BCUT2D eigenvalue weighted by molar-refractivity contribution is 6.31. The molecule has 1 aliphatic carbocycles. The number of nitrogens with zero attached hydrogens (tertiary/aromatic N) is 1. The molecule has 1 fully saturated rings. The van der Waals surface area contributed by atoms with Crippen molar-refractivity contribution in [3.8, 4) is 0 Å². The van der Waals surface area contributed by atoms with Crippen molar-refractivity contribution in [3.05, 3.63) is 29.0 Å². The van der Waals surface area contributed by atoms with Crippen molar-refractivity contribution in [1.82, 2.24) is 10.3 Å². The van der Waals surface area contributed by atoms with Crippen LogP contribution in [-0.4, -0.2) is 11.5 Å². The van der Waals surface area contributed by atoms with Crippen LogP contribution in [0.5, 0.6) is 0 Å². The lowest BCUT2D eigenvalue weighted by Gasteiger charge is -2.30. The average molecular weight is 253 g/mol. The van der Waals surface area contributed by atoms with Crippen LogP contribution < -0.4 is 5.32 Å². The average Bonchev–Trinajstić information content (AvgIpc) is 2.28. The normalized spacial score (nSPS) is 17.8. The topological polar surface area (TPSA) is 24.9 Å². The Morgan fingerprint density at radius 1 is 1.53 bits per heavy atom. The summed E-state index contributed by atoms with van der Waals surface area (Å²) in [6.45, 7) is 3.25. The number of nitrogens with one attached hydrogen (secondary N) is 1. The van der Waals surface area contributed by atoms with Gasteiger partial charge in [-0.05, 0) is 36.9 Å². The van der Waals surface area contributed by atoms with Gasteiger partial charge in [0.1, 0.15) is 0 Å². The molecule has 0 aliphatic heterocycles. The Kier molecular flexibility index (Phi) is 4.81. The molecule has 1 heterocycles. The molecule has 1 unspecified atom stereocenters. The molecule has 0 spiro atoms. The summed E-state index contributed by atoms with van der Waals surface area (Å²) >= 11 is 6.24. The van der Waals surface area contributed by atoms with Crippen molar-refractivity contribution in [1.29, 1.82) is 0 Å². The van der Waals surface area contributed by atoms with Gasteiger partial charge in [0.05, 0.1) is 5.02 Å². The predicted molar refractivity (Wildman–Crippen MR) is 72.2 cm³/mol. The van der Waals surface area contributed by atoms with E-state index in [2.05, 4.69) is 17.2 Å². The van der Waals surface area contributed by atoms with Crippen molar-refractivity contribution in [2.45, 2.75) is 45.1 Å². The van der Waals surface area contributed by atoms with Gasteiger partial charge >= 0.3 is 0 Å². The molecule has 0 bridgehead atoms. The fourth-order valence-corrected chi connectivity index (χ4v) is 2.62. The van der Waals surface area contributed by atoms with E-state index in [0.29, 0.717) is 6.04 Å². The lowest BCUT2D eigenvalue weighted by atomic mass is 9.79. The first-order valence-corrected chi connectivity index (χ1v) is 7.02. The molecule has 94 valence electrons. The minimum Gasteiger partial charge on any atom is -0.310 e. The third-order valence-corrected chi connectivity index (χ3v) is 3.93. The monoisotopic (exact) mass is 252 g/mol. The maximum atomic E-state index is 6.24. The maximum absolute atomic E-state index is 6.24. The molecule has 1 atom stereocenters. The van der Waals surface area contributed by atoms with Crippen molar-refractivity contribution in [2.75, 3.05) is 6.54 Å². The Morgan fingerprint density at radius 3 is 2.94 bits per heavy atom. The number of halogens is 1. The third-order valence-electron chi connectivity index (χ3n) is 3.61. The summed E-state index contributed by atoms with van der Waals surface area (Å²) in [4.78, 5) is 4.06. The summed E-state index contributed by atoms with van der Waals surface area (Å²) in [7, 11) is 0. The Balaban J connectivity index is 2.05. The van der Waals surface area contributed by atoms with Gasteiger partial charge in [-0.3, -0.25) is 4.98 Å². The highest BCUT2D eigenvalue weighted by atomic mass is 35.5. The largest absolute Gasteiger partial charge is 0.310 e. The summed E-state index contributed by atoms with van der Waals surface area (Å²) in [5, 5.41) is 4.41. The zero-order valence-corrected chi connectivity index (χ0v) is 11.2. The van der Waals surface area contributed by atoms with Crippen LogP contribution in [0.2, 0.25) is 5.02 Å². The Hall–Kier alpha value is -0.600. The molecule has 1 aliphatic rings. The van der Waals surface area contributed by atoms with E-state index in [-0.39, 0.29) is 0 Å². The van der Waals surface area contributed by atoms with Crippen LogP contribution in [0.3, 0.4) is 0 Å². The van der Waals surface area contributed by atoms with Gasteiger partial charge in [0.2, 0.25) is 0 Å². The first kappa shape index (κ1) is 12.8. The van der Waals surface area contributed by atoms with E-state index >= 15 is 0 Å². The van der Waals surface area contributed by atoms with E-state index in [1.165, 1.54) is 31.2 Å². The molecular formula is C14H21ClN2. The molecule has 2 nitrogen and oxygen atoms in total. The van der Waals surface area contributed by atoms with Crippen LogP contribution in [0.25, 0.3) is 0 Å². The smallest absolute Gasteiger partial charge is 0.0637 e. The van der Waals surface area contributed by atoms with Gasteiger partial charge in [-0.25, -0.2) is 0 Å². The van der Waals surface area contributed by atoms with Gasteiger partial charge in [-0.15, -0.1) is 0 Å². The van der Waals surface area contributed by atoms with Crippen molar-refractivity contribution in [2.24, 2.45) is 5.92 Å². The summed E-state index contributed by atoms with van der Waals surface area (Å²) in [6.07, 6.45) is 10.1. The van der Waals surface area contributed by atoms with Crippen molar-refractivity contribution >= 4 is 11.6 Å². The summed E-state index contributed by atoms with van der Waals surface area (Å²) in [6, 6.07) is 2.45. The zero-order valence-electron chi connectivity index (χ0n) is 10.5. The zero-order chi connectivity index (χ0) is 12.1. The molecule has 1 aromatic heterocycles. The molecule has 1 N–H and O–H groups in total. The minimum atomic E-state index is 0.399. The van der Waals surface area contributed by atoms with Gasteiger partial charge in [-0.2, -0.15) is 0 Å². The molecule has 0 saturated heterocycles. The lowest BCUT2D eigenvalue weighted by Crippen LogP contribution is -2.27. The van der Waals surface area contributed by atoms with Crippen LogP contribution in [0.1, 0.15) is 50.6 Å². The molecule has 17 heavy (non-hydrogen) atoms. The van der Waals surface area contributed by atoms with Crippen LogP contribution in [0.4, 0.5) is 0 Å². The molecule has 2 rings (SSSR count). The maximum Gasteiger partial charge on any atom is 0.0637 e.